The van der Waals surface area contributed by atoms with Crippen LogP contribution < -0.4 is 0 Å². The van der Waals surface area contributed by atoms with Gasteiger partial charge in [0.15, 0.2) is 0 Å². The minimum Gasteiger partial charge on any atom is -0.153 e. The van der Waals surface area contributed by atoms with Gasteiger partial charge in [-0.15, -0.1) is 0 Å². The van der Waals surface area contributed by atoms with E-state index in [2.05, 4.69) is 15.1 Å². The molecule has 0 aromatic carbocycles. The fourth-order valence-corrected chi connectivity index (χ4v) is 3.60. The molecule has 0 aromatic rings. The van der Waals surface area contributed by atoms with Gasteiger partial charge in [-0.2, -0.15) is 9.90 Å². The topological polar surface area (TPSA) is 12.4 Å². The molecule has 0 N–H and O–H groups in total. The first-order valence-corrected chi connectivity index (χ1v) is 6.28. The Morgan fingerprint density at radius 1 is 1.70 bits per heavy atom. The van der Waals surface area contributed by atoms with E-state index in [1.165, 1.54) is 11.9 Å². The van der Waals surface area contributed by atoms with Crippen molar-refractivity contribution in [2.45, 2.75) is 0 Å². The second kappa shape index (κ2) is 14.2. The first-order valence-electron chi connectivity index (χ1n) is 1.37. The Morgan fingerprint density at radius 2 is 2.20 bits per heavy atom. The zero-order chi connectivity index (χ0) is 6.41. The number of thiocarbonyl (C=S) groups is 1. The predicted octanol–water partition coefficient (Wildman–Crippen LogP) is 2.92. The SMILES string of the molecule is FPSC(=S)S[N]=[W].P.[V]. The second-order valence-electron chi connectivity index (χ2n) is 0.595. The molecule has 0 amide bonds. The predicted molar refractivity (Wildman–Crippen MR) is 50.7 cm³/mol. The summed E-state index contributed by atoms with van der Waals surface area (Å²) in [5.41, 5.74) is 0. The number of hydrogen-bond acceptors (Lipinski definition) is 4. The zero-order valence-corrected chi connectivity index (χ0v) is 13.8. The van der Waals surface area contributed by atoms with Gasteiger partial charge in [0.25, 0.3) is 0 Å². The van der Waals surface area contributed by atoms with Gasteiger partial charge in [-0.25, -0.2) is 0 Å². The second-order valence-corrected chi connectivity index (χ2v) is 5.97. The molecule has 0 aromatic heterocycles. The van der Waals surface area contributed by atoms with Gasteiger partial charge in [0, 0.05) is 18.6 Å². The minimum atomic E-state index is -0.648. The Kier molecular flexibility index (Phi) is 26.2. The van der Waals surface area contributed by atoms with Crippen LogP contribution in [0.1, 0.15) is 0 Å². The molecule has 2 unspecified atom stereocenters. The van der Waals surface area contributed by atoms with Gasteiger partial charge < -0.3 is 0 Å². The van der Waals surface area contributed by atoms with E-state index in [0.29, 0.717) is 3.53 Å². The van der Waals surface area contributed by atoms with Crippen molar-refractivity contribution in [3.63, 3.8) is 0 Å². The van der Waals surface area contributed by atoms with Crippen LogP contribution in [0.5, 0.6) is 0 Å². The summed E-state index contributed by atoms with van der Waals surface area (Å²) < 4.78 is 15.7. The summed E-state index contributed by atoms with van der Waals surface area (Å²) >= 11 is 7.98. The maximum Gasteiger partial charge on any atom is 0 e. The average molecular weight is 442 g/mol. The van der Waals surface area contributed by atoms with E-state index < -0.39 is 8.09 Å². The van der Waals surface area contributed by atoms with Gasteiger partial charge in [-0.1, -0.05) is 0 Å². The first kappa shape index (κ1) is 18.4. The molecule has 0 aliphatic rings. The molecule has 0 heterocycles. The van der Waals surface area contributed by atoms with E-state index in [-0.39, 0.29) is 28.5 Å². The third-order valence-corrected chi connectivity index (χ3v) is 4.18. The number of rotatable bonds is 2. The third kappa shape index (κ3) is 13.3. The molecule has 0 saturated heterocycles. The smallest absolute Gasteiger partial charge is 0 e. The van der Waals surface area contributed by atoms with Gasteiger partial charge in [-0.05, 0) is 0 Å². The van der Waals surface area contributed by atoms with Crippen molar-refractivity contribution in [3.05, 3.63) is 0 Å². The molecule has 9 heteroatoms. The summed E-state index contributed by atoms with van der Waals surface area (Å²) in [6, 6.07) is 0. The minimum absolute atomic E-state index is 0. The number of halogens is 1. The van der Waals surface area contributed by atoms with Crippen molar-refractivity contribution in [2.75, 3.05) is 0 Å². The Balaban J connectivity index is -0.000000245. The van der Waals surface area contributed by atoms with E-state index in [4.69, 9.17) is 0 Å². The van der Waals surface area contributed by atoms with Crippen LogP contribution in [-0.4, -0.2) is 3.53 Å². The molecule has 59 valence electrons. The van der Waals surface area contributed by atoms with Crippen LogP contribution in [-0.2, 0) is 38.2 Å². The van der Waals surface area contributed by atoms with E-state index in [9.17, 15) is 4.20 Å². The molecular formula is CH4FNP2S3VW. The van der Waals surface area contributed by atoms with Crippen molar-refractivity contribution >= 4 is 57.1 Å². The van der Waals surface area contributed by atoms with Crippen molar-refractivity contribution in [2.24, 2.45) is 2.90 Å². The molecule has 0 aliphatic heterocycles. The van der Waals surface area contributed by atoms with Gasteiger partial charge in [0.05, 0.1) is 0 Å². The van der Waals surface area contributed by atoms with Crippen LogP contribution in [0.3, 0.4) is 0 Å². The average Bonchev–Trinajstić information content (AvgIpc) is 1.68. The molecule has 0 saturated carbocycles. The number of nitrogens with zero attached hydrogens (tertiary/aromatic N) is 1. The van der Waals surface area contributed by atoms with Gasteiger partial charge >= 0.3 is 73.9 Å². The van der Waals surface area contributed by atoms with E-state index in [1.807, 2.05) is 0 Å². The molecule has 0 aliphatic carbocycles. The van der Waals surface area contributed by atoms with E-state index in [0.717, 1.165) is 31.0 Å². The Bertz CT molecular complexity index is 107. The standard InChI is InChI=1S/CHFNPS3.H3P.V.W/c2-4-7-1(5)6-3;;;/h4H;1H3;;. The summed E-state index contributed by atoms with van der Waals surface area (Å²) in [5, 5.41) is 0. The van der Waals surface area contributed by atoms with Crippen LogP contribution in [0.25, 0.3) is 0 Å². The molecule has 0 spiro atoms. The summed E-state index contributed by atoms with van der Waals surface area (Å²) in [4.78, 5) is 0. The summed E-state index contributed by atoms with van der Waals surface area (Å²) in [5.74, 6) is 0. The molecule has 10 heavy (non-hydrogen) atoms. The van der Waals surface area contributed by atoms with Crippen LogP contribution in [0.4, 0.5) is 4.20 Å². The monoisotopic (exact) mass is 442 g/mol. The van der Waals surface area contributed by atoms with Crippen molar-refractivity contribution in [3.8, 4) is 0 Å². The molecule has 0 fully saturated rings. The van der Waals surface area contributed by atoms with Crippen LogP contribution in [0, 0.1) is 0 Å². The van der Waals surface area contributed by atoms with Crippen molar-refractivity contribution in [1.82, 2.24) is 0 Å². The summed E-state index contributed by atoms with van der Waals surface area (Å²) in [6.45, 7) is 0. The zero-order valence-electron chi connectivity index (χ0n) is 4.61. The van der Waals surface area contributed by atoms with Gasteiger partial charge in [0.1, 0.15) is 0 Å². The van der Waals surface area contributed by atoms with Gasteiger partial charge in [0.2, 0.25) is 0 Å². The number of hydrogen-bond donors (Lipinski definition) is 0. The quantitative estimate of drug-likeness (QED) is 0.371. The summed E-state index contributed by atoms with van der Waals surface area (Å²) in [6.07, 6.45) is 0. The van der Waals surface area contributed by atoms with Gasteiger partial charge in [-0.3, -0.25) is 0 Å². The van der Waals surface area contributed by atoms with Crippen LogP contribution >= 0.6 is 53.5 Å². The third-order valence-electron chi connectivity index (χ3n) is 0.234. The van der Waals surface area contributed by atoms with Crippen LogP contribution in [0.15, 0.2) is 2.90 Å². The Labute approximate surface area is 101 Å². The maximum absolute atomic E-state index is 11.4. The van der Waals surface area contributed by atoms with Crippen LogP contribution in [0.2, 0.25) is 0 Å². The molecular weight excluding hydrogens is 438 g/mol. The normalized spacial score (nSPS) is 8.10. The molecule has 0 rings (SSSR count). The first-order chi connectivity index (χ1) is 3.81. The van der Waals surface area contributed by atoms with E-state index in [1.54, 1.807) is 0 Å². The molecule has 1 nitrogen and oxygen atoms in total. The molecule has 2 atom stereocenters. The summed E-state index contributed by atoms with van der Waals surface area (Å²) in [7, 11) is -0.648. The largest absolute Gasteiger partial charge is 0.153 e. The van der Waals surface area contributed by atoms with Crippen molar-refractivity contribution in [1.29, 1.82) is 0 Å². The van der Waals surface area contributed by atoms with E-state index >= 15 is 0 Å². The maximum atomic E-state index is 11.4. The molecule has 1 radical (unpaired) electrons. The Hall–Kier alpha value is 2.65. The Morgan fingerprint density at radius 3 is 2.50 bits per heavy atom. The van der Waals surface area contributed by atoms with Crippen molar-refractivity contribution < 1.29 is 42.4 Å². The fourth-order valence-electron chi connectivity index (χ4n) is 0.0806. The fraction of sp³-hybridized carbons (Fsp3) is 0. The molecule has 0 bridgehead atoms.